The Morgan fingerprint density at radius 3 is 2.50 bits per heavy atom. The van der Waals surface area contributed by atoms with Crippen LogP contribution in [0.15, 0.2) is 51.4 Å². The molecule has 0 unspecified atom stereocenters. The van der Waals surface area contributed by atoms with Gasteiger partial charge in [-0.2, -0.15) is 0 Å². The summed E-state index contributed by atoms with van der Waals surface area (Å²) in [5.41, 5.74) is 1.08. The van der Waals surface area contributed by atoms with Crippen molar-refractivity contribution in [3.8, 4) is 11.3 Å². The highest BCUT2D eigenvalue weighted by Gasteiger charge is 2.02. The van der Waals surface area contributed by atoms with E-state index in [1.165, 1.54) is 0 Å². The summed E-state index contributed by atoms with van der Waals surface area (Å²) in [5, 5.41) is 0.835. The first-order valence-electron chi connectivity index (χ1n) is 4.88. The molecule has 0 amide bonds. The fourth-order valence-electron chi connectivity index (χ4n) is 1.37. The van der Waals surface area contributed by atoms with Crippen LogP contribution < -0.4 is 0 Å². The zero-order valence-corrected chi connectivity index (χ0v) is 11.7. The molecule has 0 aliphatic heterocycles. The van der Waals surface area contributed by atoms with Crippen molar-refractivity contribution in [2.45, 2.75) is 0 Å². The topological polar surface area (TPSA) is 13.1 Å². The van der Waals surface area contributed by atoms with E-state index in [0.717, 1.165) is 26.9 Å². The number of halogens is 2. The average molecular weight is 342 g/mol. The zero-order chi connectivity index (χ0) is 11.4. The van der Waals surface area contributed by atoms with Gasteiger partial charge in [0, 0.05) is 15.4 Å². The lowest BCUT2D eigenvalue weighted by molar-refractivity contribution is 0.571. The molecule has 16 heavy (non-hydrogen) atoms. The average Bonchev–Trinajstić information content (AvgIpc) is 2.76. The van der Waals surface area contributed by atoms with E-state index in [1.807, 2.05) is 48.6 Å². The summed E-state index contributed by atoms with van der Waals surface area (Å²) in [6.07, 6.45) is 3.96. The van der Waals surface area contributed by atoms with Gasteiger partial charge in [0.25, 0.3) is 0 Å². The smallest absolute Gasteiger partial charge is 0.134 e. The Morgan fingerprint density at radius 2 is 1.81 bits per heavy atom. The highest BCUT2D eigenvalue weighted by atomic mass is 79.9. The van der Waals surface area contributed by atoms with Crippen LogP contribution in [0.25, 0.3) is 17.4 Å². The van der Waals surface area contributed by atoms with Crippen LogP contribution in [0.1, 0.15) is 5.76 Å². The maximum absolute atomic E-state index is 5.69. The number of alkyl halides is 1. The Bertz CT molecular complexity index is 483. The fraction of sp³-hybridized carbons (Fsp3) is 0.0769. The Kier molecular flexibility index (Phi) is 4.02. The van der Waals surface area contributed by atoms with Crippen molar-refractivity contribution in [2.75, 3.05) is 5.33 Å². The molecule has 0 N–H and O–H groups in total. The van der Waals surface area contributed by atoms with Gasteiger partial charge < -0.3 is 4.42 Å². The first kappa shape index (κ1) is 11.7. The molecule has 0 bridgehead atoms. The van der Waals surface area contributed by atoms with Crippen LogP contribution in [0.3, 0.4) is 0 Å². The number of furan rings is 1. The van der Waals surface area contributed by atoms with Crippen molar-refractivity contribution >= 4 is 37.9 Å². The van der Waals surface area contributed by atoms with Crippen LogP contribution in [0.2, 0.25) is 0 Å². The number of benzene rings is 1. The Balaban J connectivity index is 2.24. The Morgan fingerprint density at radius 1 is 1.06 bits per heavy atom. The van der Waals surface area contributed by atoms with Crippen LogP contribution >= 0.6 is 31.9 Å². The molecule has 1 aromatic heterocycles. The number of allylic oxidation sites excluding steroid dienone is 1. The van der Waals surface area contributed by atoms with Gasteiger partial charge in [0.1, 0.15) is 11.5 Å². The van der Waals surface area contributed by atoms with Crippen LogP contribution in [0.5, 0.6) is 0 Å². The predicted octanol–water partition coefficient (Wildman–Crippen LogP) is 5.12. The molecule has 3 heteroatoms. The molecule has 1 aromatic carbocycles. The Labute approximate surface area is 111 Å². The van der Waals surface area contributed by atoms with Crippen molar-refractivity contribution in [1.29, 1.82) is 0 Å². The van der Waals surface area contributed by atoms with Gasteiger partial charge in [0.2, 0.25) is 0 Å². The molecule has 0 spiro atoms. The minimum atomic E-state index is 0.835. The fourth-order valence-corrected chi connectivity index (χ4v) is 1.82. The second kappa shape index (κ2) is 5.51. The van der Waals surface area contributed by atoms with Crippen molar-refractivity contribution in [1.82, 2.24) is 0 Å². The molecule has 0 aliphatic rings. The highest BCUT2D eigenvalue weighted by Crippen LogP contribution is 2.24. The quantitative estimate of drug-likeness (QED) is 0.706. The van der Waals surface area contributed by atoms with E-state index in [4.69, 9.17) is 4.42 Å². The molecule has 0 fully saturated rings. The van der Waals surface area contributed by atoms with E-state index in [0.29, 0.717) is 0 Å². The molecule has 0 atom stereocenters. The van der Waals surface area contributed by atoms with E-state index in [1.54, 1.807) is 0 Å². The molecule has 0 saturated carbocycles. The highest BCUT2D eigenvalue weighted by molar-refractivity contribution is 9.10. The zero-order valence-electron chi connectivity index (χ0n) is 8.49. The lowest BCUT2D eigenvalue weighted by Crippen LogP contribution is -1.72. The monoisotopic (exact) mass is 340 g/mol. The van der Waals surface area contributed by atoms with Gasteiger partial charge in [-0.15, -0.1) is 0 Å². The van der Waals surface area contributed by atoms with Gasteiger partial charge in [-0.25, -0.2) is 0 Å². The summed E-state index contributed by atoms with van der Waals surface area (Å²) in [6, 6.07) is 12.0. The Hall–Kier alpha value is -0.800. The maximum Gasteiger partial charge on any atom is 0.134 e. The van der Waals surface area contributed by atoms with Crippen molar-refractivity contribution in [2.24, 2.45) is 0 Å². The first-order chi connectivity index (χ1) is 7.79. The lowest BCUT2D eigenvalue weighted by Gasteiger charge is -1.96. The minimum Gasteiger partial charge on any atom is -0.457 e. The molecule has 82 valence electrons. The second-order valence-electron chi connectivity index (χ2n) is 3.27. The van der Waals surface area contributed by atoms with Gasteiger partial charge in [0.15, 0.2) is 0 Å². The first-order valence-corrected chi connectivity index (χ1v) is 6.79. The second-order valence-corrected chi connectivity index (χ2v) is 4.83. The van der Waals surface area contributed by atoms with Crippen molar-refractivity contribution in [3.63, 3.8) is 0 Å². The molecule has 0 saturated heterocycles. The summed E-state index contributed by atoms with van der Waals surface area (Å²) in [5.74, 6) is 1.76. The van der Waals surface area contributed by atoms with Crippen LogP contribution in [-0.2, 0) is 0 Å². The maximum atomic E-state index is 5.69. The summed E-state index contributed by atoms with van der Waals surface area (Å²) in [7, 11) is 0. The summed E-state index contributed by atoms with van der Waals surface area (Å²) in [6.45, 7) is 0. The molecular weight excluding hydrogens is 332 g/mol. The van der Waals surface area contributed by atoms with E-state index >= 15 is 0 Å². The largest absolute Gasteiger partial charge is 0.457 e. The molecule has 0 aliphatic carbocycles. The van der Waals surface area contributed by atoms with E-state index < -0.39 is 0 Å². The van der Waals surface area contributed by atoms with Crippen LogP contribution in [0.4, 0.5) is 0 Å². The SMILES string of the molecule is BrCC=Cc1ccc(-c2ccc(Br)cc2)o1. The molecular formula is C13H10Br2O. The number of rotatable bonds is 3. The molecule has 1 heterocycles. The van der Waals surface area contributed by atoms with Gasteiger partial charge in [-0.05, 0) is 30.3 Å². The third kappa shape index (κ3) is 2.86. The molecule has 1 nitrogen and oxygen atoms in total. The van der Waals surface area contributed by atoms with Crippen LogP contribution in [-0.4, -0.2) is 5.33 Å². The third-order valence-electron chi connectivity index (χ3n) is 2.13. The van der Waals surface area contributed by atoms with Crippen molar-refractivity contribution in [3.05, 3.63) is 52.7 Å². The van der Waals surface area contributed by atoms with Crippen LogP contribution in [0, 0.1) is 0 Å². The standard InChI is InChI=1S/C13H10Br2O/c14-9-1-2-12-7-8-13(16-12)10-3-5-11(15)6-4-10/h1-8H,9H2. The summed E-state index contributed by atoms with van der Waals surface area (Å²) >= 11 is 6.74. The van der Waals surface area contributed by atoms with Gasteiger partial charge in [0.05, 0.1) is 0 Å². The van der Waals surface area contributed by atoms with E-state index in [9.17, 15) is 0 Å². The number of hydrogen-bond acceptors (Lipinski definition) is 1. The van der Waals surface area contributed by atoms with Gasteiger partial charge >= 0.3 is 0 Å². The minimum absolute atomic E-state index is 0.835. The summed E-state index contributed by atoms with van der Waals surface area (Å²) < 4.78 is 6.76. The summed E-state index contributed by atoms with van der Waals surface area (Å²) in [4.78, 5) is 0. The molecule has 2 rings (SSSR count). The van der Waals surface area contributed by atoms with Gasteiger partial charge in [-0.1, -0.05) is 50.1 Å². The third-order valence-corrected chi connectivity index (χ3v) is 3.03. The molecule has 0 radical (unpaired) electrons. The number of hydrogen-bond donors (Lipinski definition) is 0. The van der Waals surface area contributed by atoms with E-state index in [-0.39, 0.29) is 0 Å². The molecule has 2 aromatic rings. The predicted molar refractivity (Wildman–Crippen MR) is 74.7 cm³/mol. The van der Waals surface area contributed by atoms with E-state index in [2.05, 4.69) is 31.9 Å². The van der Waals surface area contributed by atoms with Crippen molar-refractivity contribution < 1.29 is 4.42 Å². The lowest BCUT2D eigenvalue weighted by atomic mass is 10.2. The van der Waals surface area contributed by atoms with Gasteiger partial charge in [-0.3, -0.25) is 0 Å². The normalized spacial score (nSPS) is 11.1.